The molecule has 2 heterocycles. The molecule has 1 saturated heterocycles. The van der Waals surface area contributed by atoms with Crippen molar-refractivity contribution in [2.24, 2.45) is 0 Å². The second kappa shape index (κ2) is 7.79. The standard InChI is InChI=1S/C19H21N3O3/c1-14-13-20-8-7-17(14)15-3-5-16(6-4-15)18(23)21-9-11-22-10-2-12-25-19(22)24/h3-8,13H,2,9-12H2,1H3,(H,21,23). The number of hydrogen-bond acceptors (Lipinski definition) is 4. The largest absolute Gasteiger partial charge is 0.449 e. The molecule has 1 aromatic carbocycles. The van der Waals surface area contributed by atoms with E-state index in [4.69, 9.17) is 4.74 Å². The summed E-state index contributed by atoms with van der Waals surface area (Å²) >= 11 is 0. The number of nitrogens with zero attached hydrogens (tertiary/aromatic N) is 2. The van der Waals surface area contributed by atoms with Crippen LogP contribution in [0, 0.1) is 6.92 Å². The fraction of sp³-hybridized carbons (Fsp3) is 0.316. The third-order valence-electron chi connectivity index (χ3n) is 4.20. The first-order valence-electron chi connectivity index (χ1n) is 8.36. The highest BCUT2D eigenvalue weighted by atomic mass is 16.6. The van der Waals surface area contributed by atoms with Crippen molar-refractivity contribution in [2.75, 3.05) is 26.2 Å². The predicted molar refractivity (Wildman–Crippen MR) is 94.3 cm³/mol. The first-order chi connectivity index (χ1) is 12.1. The minimum atomic E-state index is -0.308. The van der Waals surface area contributed by atoms with Crippen molar-refractivity contribution in [3.05, 3.63) is 53.9 Å². The smallest absolute Gasteiger partial charge is 0.409 e. The zero-order valence-electron chi connectivity index (χ0n) is 14.2. The molecule has 0 bridgehead atoms. The summed E-state index contributed by atoms with van der Waals surface area (Å²) in [7, 11) is 0. The van der Waals surface area contributed by atoms with Crippen molar-refractivity contribution < 1.29 is 14.3 Å². The number of aryl methyl sites for hydroxylation is 1. The van der Waals surface area contributed by atoms with Crippen LogP contribution in [0.25, 0.3) is 11.1 Å². The fourth-order valence-electron chi connectivity index (χ4n) is 2.81. The van der Waals surface area contributed by atoms with Crippen LogP contribution in [0.15, 0.2) is 42.7 Å². The molecule has 25 heavy (non-hydrogen) atoms. The average molecular weight is 339 g/mol. The number of nitrogens with one attached hydrogen (secondary N) is 1. The van der Waals surface area contributed by atoms with Crippen molar-refractivity contribution >= 4 is 12.0 Å². The van der Waals surface area contributed by atoms with Crippen molar-refractivity contribution in [1.29, 1.82) is 0 Å². The average Bonchev–Trinajstić information content (AvgIpc) is 2.64. The first-order valence-corrected chi connectivity index (χ1v) is 8.36. The maximum atomic E-state index is 12.2. The third-order valence-corrected chi connectivity index (χ3v) is 4.20. The Morgan fingerprint density at radius 1 is 1.28 bits per heavy atom. The lowest BCUT2D eigenvalue weighted by Crippen LogP contribution is -2.42. The monoisotopic (exact) mass is 339 g/mol. The Morgan fingerprint density at radius 2 is 2.08 bits per heavy atom. The minimum absolute atomic E-state index is 0.150. The first kappa shape index (κ1) is 17.0. The number of rotatable bonds is 5. The van der Waals surface area contributed by atoms with Gasteiger partial charge in [0.05, 0.1) is 6.61 Å². The molecule has 1 aliphatic rings. The van der Waals surface area contributed by atoms with E-state index in [1.807, 2.05) is 31.3 Å². The number of pyridine rings is 1. The molecule has 1 aliphatic heterocycles. The summed E-state index contributed by atoms with van der Waals surface area (Å²) in [5, 5.41) is 2.84. The molecular formula is C19H21N3O3. The Morgan fingerprint density at radius 3 is 2.80 bits per heavy atom. The molecule has 2 aromatic rings. The van der Waals surface area contributed by atoms with E-state index in [1.54, 1.807) is 23.2 Å². The molecule has 6 heteroatoms. The van der Waals surface area contributed by atoms with Gasteiger partial charge >= 0.3 is 6.09 Å². The van der Waals surface area contributed by atoms with E-state index < -0.39 is 0 Å². The highest BCUT2D eigenvalue weighted by Crippen LogP contribution is 2.22. The molecule has 1 aromatic heterocycles. The number of benzene rings is 1. The van der Waals surface area contributed by atoms with Gasteiger partial charge in [0.15, 0.2) is 0 Å². The third kappa shape index (κ3) is 4.15. The molecular weight excluding hydrogens is 318 g/mol. The highest BCUT2D eigenvalue weighted by molar-refractivity contribution is 5.94. The van der Waals surface area contributed by atoms with Crippen LogP contribution < -0.4 is 5.32 Å². The van der Waals surface area contributed by atoms with Gasteiger partial charge in [0.25, 0.3) is 5.91 Å². The fourth-order valence-corrected chi connectivity index (χ4v) is 2.81. The van der Waals surface area contributed by atoms with E-state index in [1.165, 1.54) is 0 Å². The number of carbonyl (C=O) groups is 2. The summed E-state index contributed by atoms with van der Waals surface area (Å²) in [4.78, 5) is 29.5. The van der Waals surface area contributed by atoms with Gasteiger partial charge in [-0.05, 0) is 48.2 Å². The van der Waals surface area contributed by atoms with Crippen LogP contribution in [0.3, 0.4) is 0 Å². The predicted octanol–water partition coefficient (Wildman–Crippen LogP) is 2.63. The number of cyclic esters (lactones) is 1. The summed E-state index contributed by atoms with van der Waals surface area (Å²) in [6, 6.07) is 9.43. The van der Waals surface area contributed by atoms with E-state index in [2.05, 4.69) is 10.3 Å². The second-order valence-corrected chi connectivity index (χ2v) is 5.98. The summed E-state index contributed by atoms with van der Waals surface area (Å²) < 4.78 is 4.97. The van der Waals surface area contributed by atoms with Crippen molar-refractivity contribution in [2.45, 2.75) is 13.3 Å². The van der Waals surface area contributed by atoms with Crippen molar-refractivity contribution in [1.82, 2.24) is 15.2 Å². The van der Waals surface area contributed by atoms with Crippen LogP contribution in [0.5, 0.6) is 0 Å². The quantitative estimate of drug-likeness (QED) is 0.909. The van der Waals surface area contributed by atoms with E-state index in [0.717, 1.165) is 23.1 Å². The van der Waals surface area contributed by atoms with E-state index in [0.29, 0.717) is 31.8 Å². The van der Waals surface area contributed by atoms with Crippen molar-refractivity contribution in [3.8, 4) is 11.1 Å². The number of amides is 2. The SMILES string of the molecule is Cc1cnccc1-c1ccc(C(=O)NCCN2CCCOC2=O)cc1. The minimum Gasteiger partial charge on any atom is -0.449 e. The highest BCUT2D eigenvalue weighted by Gasteiger charge is 2.19. The topological polar surface area (TPSA) is 71.5 Å². The van der Waals surface area contributed by atoms with Gasteiger partial charge in [-0.2, -0.15) is 0 Å². The molecule has 1 fully saturated rings. The lowest BCUT2D eigenvalue weighted by molar-refractivity contribution is 0.0719. The number of carbonyl (C=O) groups excluding carboxylic acids is 2. The van der Waals surface area contributed by atoms with E-state index in [-0.39, 0.29) is 12.0 Å². The Bertz CT molecular complexity index is 759. The van der Waals surface area contributed by atoms with Crippen LogP contribution in [-0.4, -0.2) is 48.1 Å². The van der Waals surface area contributed by atoms with Gasteiger partial charge in [0.1, 0.15) is 0 Å². The lowest BCUT2D eigenvalue weighted by atomic mass is 10.0. The van der Waals surface area contributed by atoms with Gasteiger partial charge in [-0.1, -0.05) is 12.1 Å². The van der Waals surface area contributed by atoms with Gasteiger partial charge in [-0.15, -0.1) is 0 Å². The summed E-state index contributed by atoms with van der Waals surface area (Å²) in [5.74, 6) is -0.150. The maximum Gasteiger partial charge on any atom is 0.409 e. The molecule has 130 valence electrons. The number of hydrogen-bond donors (Lipinski definition) is 1. The Balaban J connectivity index is 1.56. The lowest BCUT2D eigenvalue weighted by Gasteiger charge is -2.26. The van der Waals surface area contributed by atoms with E-state index >= 15 is 0 Å². The molecule has 0 spiro atoms. The summed E-state index contributed by atoms with van der Waals surface area (Å²) in [5.41, 5.74) is 3.84. The van der Waals surface area contributed by atoms with E-state index in [9.17, 15) is 9.59 Å². The molecule has 2 amide bonds. The molecule has 0 radical (unpaired) electrons. The van der Waals surface area contributed by atoms with Gasteiger partial charge in [0, 0.05) is 37.6 Å². The molecule has 0 saturated carbocycles. The number of ether oxygens (including phenoxy) is 1. The van der Waals surface area contributed by atoms with Crippen LogP contribution in [0.4, 0.5) is 4.79 Å². The molecule has 1 N–H and O–H groups in total. The normalized spacial score (nSPS) is 14.1. The van der Waals surface area contributed by atoms with Crippen LogP contribution in [-0.2, 0) is 4.74 Å². The Labute approximate surface area is 146 Å². The number of aromatic nitrogens is 1. The summed E-state index contributed by atoms with van der Waals surface area (Å²) in [6.45, 7) is 4.02. The van der Waals surface area contributed by atoms with Crippen LogP contribution in [0.1, 0.15) is 22.3 Å². The van der Waals surface area contributed by atoms with Crippen LogP contribution >= 0.6 is 0 Å². The van der Waals surface area contributed by atoms with Crippen molar-refractivity contribution in [3.63, 3.8) is 0 Å². The van der Waals surface area contributed by atoms with Crippen LogP contribution in [0.2, 0.25) is 0 Å². The molecule has 0 unspecified atom stereocenters. The zero-order chi connectivity index (χ0) is 17.6. The molecule has 0 atom stereocenters. The van der Waals surface area contributed by atoms with Gasteiger partial charge in [0.2, 0.25) is 0 Å². The molecule has 0 aliphatic carbocycles. The molecule has 3 rings (SSSR count). The van der Waals surface area contributed by atoms with Gasteiger partial charge < -0.3 is 15.0 Å². The maximum absolute atomic E-state index is 12.2. The van der Waals surface area contributed by atoms with Gasteiger partial charge in [-0.25, -0.2) is 4.79 Å². The second-order valence-electron chi connectivity index (χ2n) is 5.98. The Kier molecular flexibility index (Phi) is 5.28. The Hall–Kier alpha value is -2.89. The summed E-state index contributed by atoms with van der Waals surface area (Å²) in [6.07, 6.45) is 4.10. The molecule has 6 nitrogen and oxygen atoms in total. The van der Waals surface area contributed by atoms with Gasteiger partial charge in [-0.3, -0.25) is 9.78 Å². The zero-order valence-corrected chi connectivity index (χ0v) is 14.2.